The Labute approximate surface area is 86.4 Å². The number of benzene rings is 1. The lowest BCUT2D eigenvalue weighted by Crippen LogP contribution is -2.04. The van der Waals surface area contributed by atoms with Crippen molar-refractivity contribution in [2.75, 3.05) is 7.11 Å². The molecule has 15 heavy (non-hydrogen) atoms. The fourth-order valence-corrected chi connectivity index (χ4v) is 1.09. The lowest BCUT2D eigenvalue weighted by molar-refractivity contribution is 0.0600. The van der Waals surface area contributed by atoms with Gasteiger partial charge in [-0.15, -0.1) is 0 Å². The van der Waals surface area contributed by atoms with Crippen molar-refractivity contribution >= 4 is 12.0 Å². The molecule has 1 rings (SSSR count). The summed E-state index contributed by atoms with van der Waals surface area (Å²) in [5.41, 5.74) is 0.550. The third-order valence-corrected chi connectivity index (χ3v) is 1.76. The van der Waals surface area contributed by atoms with Gasteiger partial charge in [-0.2, -0.15) is 5.26 Å². The van der Waals surface area contributed by atoms with Crippen molar-refractivity contribution < 1.29 is 13.9 Å². The lowest BCUT2D eigenvalue weighted by Gasteiger charge is -2.03. The zero-order valence-electron chi connectivity index (χ0n) is 8.03. The van der Waals surface area contributed by atoms with Gasteiger partial charge < -0.3 is 4.74 Å². The molecule has 1 aromatic carbocycles. The average Bonchev–Trinajstić information content (AvgIpc) is 2.26. The van der Waals surface area contributed by atoms with Crippen molar-refractivity contribution in [3.8, 4) is 6.07 Å². The highest BCUT2D eigenvalue weighted by atomic mass is 19.1. The van der Waals surface area contributed by atoms with Crippen molar-refractivity contribution in [1.29, 1.82) is 5.26 Å². The number of esters is 1. The molecule has 0 heterocycles. The fraction of sp³-hybridized carbons (Fsp3) is 0.0909. The van der Waals surface area contributed by atoms with E-state index in [1.54, 1.807) is 6.07 Å². The molecule has 0 fully saturated rings. The summed E-state index contributed by atoms with van der Waals surface area (Å²) in [7, 11) is 1.21. The van der Waals surface area contributed by atoms with Gasteiger partial charge in [-0.05, 0) is 23.8 Å². The van der Waals surface area contributed by atoms with Gasteiger partial charge >= 0.3 is 5.97 Å². The summed E-state index contributed by atoms with van der Waals surface area (Å²) in [6, 6.07) is 5.48. The lowest BCUT2D eigenvalue weighted by atomic mass is 10.1. The van der Waals surface area contributed by atoms with Gasteiger partial charge in [-0.1, -0.05) is 6.07 Å². The molecular formula is C11H8FNO2. The maximum Gasteiger partial charge on any atom is 0.338 e. The van der Waals surface area contributed by atoms with E-state index in [2.05, 4.69) is 4.74 Å². The van der Waals surface area contributed by atoms with Gasteiger partial charge in [0, 0.05) is 6.08 Å². The summed E-state index contributed by atoms with van der Waals surface area (Å²) < 4.78 is 17.4. The van der Waals surface area contributed by atoms with Gasteiger partial charge in [0.2, 0.25) is 0 Å². The molecule has 0 saturated carbocycles. The second-order valence-electron chi connectivity index (χ2n) is 2.69. The van der Waals surface area contributed by atoms with Gasteiger partial charge in [0.25, 0.3) is 0 Å². The van der Waals surface area contributed by atoms with Crippen LogP contribution in [0.1, 0.15) is 15.9 Å². The van der Waals surface area contributed by atoms with E-state index >= 15 is 0 Å². The number of carbonyl (C=O) groups is 1. The number of ether oxygens (including phenoxy) is 1. The van der Waals surface area contributed by atoms with Crippen LogP contribution in [0.2, 0.25) is 0 Å². The van der Waals surface area contributed by atoms with E-state index in [9.17, 15) is 9.18 Å². The number of methoxy groups -OCH3 is 1. The van der Waals surface area contributed by atoms with E-state index in [0.717, 1.165) is 6.07 Å². The maximum atomic E-state index is 12.9. The smallest absolute Gasteiger partial charge is 0.338 e. The minimum Gasteiger partial charge on any atom is -0.465 e. The van der Waals surface area contributed by atoms with Crippen molar-refractivity contribution in [2.24, 2.45) is 0 Å². The van der Waals surface area contributed by atoms with Crippen LogP contribution < -0.4 is 0 Å². The van der Waals surface area contributed by atoms with E-state index in [4.69, 9.17) is 5.26 Å². The van der Waals surface area contributed by atoms with Crippen LogP contribution in [0, 0.1) is 17.1 Å². The summed E-state index contributed by atoms with van der Waals surface area (Å²) in [5, 5.41) is 8.34. The van der Waals surface area contributed by atoms with Gasteiger partial charge in [0.15, 0.2) is 0 Å². The third-order valence-electron chi connectivity index (χ3n) is 1.76. The molecule has 76 valence electrons. The summed E-state index contributed by atoms with van der Waals surface area (Å²) in [5.74, 6) is -1.16. The molecule has 0 atom stereocenters. The number of nitrogens with zero attached hydrogens (tertiary/aromatic N) is 1. The Morgan fingerprint density at radius 3 is 2.93 bits per heavy atom. The molecule has 0 aromatic heterocycles. The predicted octanol–water partition coefficient (Wildman–Crippen LogP) is 2.15. The van der Waals surface area contributed by atoms with Crippen LogP contribution in [0.5, 0.6) is 0 Å². The summed E-state index contributed by atoms with van der Waals surface area (Å²) in [6.45, 7) is 0. The predicted molar refractivity (Wildman–Crippen MR) is 52.4 cm³/mol. The number of hydrogen-bond acceptors (Lipinski definition) is 3. The second kappa shape index (κ2) is 4.91. The van der Waals surface area contributed by atoms with Crippen LogP contribution in [0.25, 0.3) is 6.08 Å². The summed E-state index contributed by atoms with van der Waals surface area (Å²) in [6.07, 6.45) is 2.63. The molecule has 0 saturated heterocycles. The van der Waals surface area contributed by atoms with Gasteiger partial charge in [-0.25, -0.2) is 9.18 Å². The van der Waals surface area contributed by atoms with E-state index in [1.165, 1.54) is 31.4 Å². The van der Waals surface area contributed by atoms with Crippen molar-refractivity contribution in [2.45, 2.75) is 0 Å². The zero-order chi connectivity index (χ0) is 11.3. The monoisotopic (exact) mass is 205 g/mol. The van der Waals surface area contributed by atoms with E-state index in [1.807, 2.05) is 0 Å². The Hall–Kier alpha value is -2.15. The number of nitriles is 1. The number of rotatable bonds is 2. The van der Waals surface area contributed by atoms with E-state index in [0.29, 0.717) is 5.56 Å². The molecule has 0 bridgehead atoms. The minimum atomic E-state index is -0.632. The molecule has 0 radical (unpaired) electrons. The molecule has 0 aliphatic carbocycles. The molecular weight excluding hydrogens is 197 g/mol. The first-order chi connectivity index (χ1) is 7.19. The Kier molecular flexibility index (Phi) is 3.58. The topological polar surface area (TPSA) is 50.1 Å². The van der Waals surface area contributed by atoms with Crippen molar-refractivity contribution in [3.05, 3.63) is 41.2 Å². The number of allylic oxidation sites excluding steroid dienone is 1. The SMILES string of the molecule is COC(=O)c1cc(F)ccc1C=CC#N. The van der Waals surface area contributed by atoms with Gasteiger partial charge in [-0.3, -0.25) is 0 Å². The fourth-order valence-electron chi connectivity index (χ4n) is 1.09. The Bertz CT molecular complexity index is 446. The highest BCUT2D eigenvalue weighted by molar-refractivity contribution is 5.93. The summed E-state index contributed by atoms with van der Waals surface area (Å²) in [4.78, 5) is 11.2. The number of carbonyl (C=O) groups excluding carboxylic acids is 1. The summed E-state index contributed by atoms with van der Waals surface area (Å²) >= 11 is 0. The third kappa shape index (κ3) is 2.64. The van der Waals surface area contributed by atoms with Crippen LogP contribution in [-0.2, 0) is 4.74 Å². The van der Waals surface area contributed by atoms with Crippen LogP contribution in [0.3, 0.4) is 0 Å². The Morgan fingerprint density at radius 2 is 2.33 bits per heavy atom. The molecule has 0 spiro atoms. The van der Waals surface area contributed by atoms with Crippen LogP contribution in [0.4, 0.5) is 4.39 Å². The molecule has 0 amide bonds. The number of halogens is 1. The molecule has 0 N–H and O–H groups in total. The Balaban J connectivity index is 3.21. The normalized spacial score (nSPS) is 9.93. The van der Waals surface area contributed by atoms with Gasteiger partial charge in [0.1, 0.15) is 5.82 Å². The largest absolute Gasteiger partial charge is 0.465 e. The highest BCUT2D eigenvalue weighted by Gasteiger charge is 2.10. The molecule has 4 heteroatoms. The first-order valence-electron chi connectivity index (χ1n) is 4.13. The standard InChI is InChI=1S/C11H8FNO2/c1-15-11(14)10-7-9(12)5-4-8(10)3-2-6-13/h2-5,7H,1H3. The van der Waals surface area contributed by atoms with Gasteiger partial charge in [0.05, 0.1) is 18.7 Å². The van der Waals surface area contributed by atoms with E-state index in [-0.39, 0.29) is 5.56 Å². The molecule has 0 unspecified atom stereocenters. The highest BCUT2D eigenvalue weighted by Crippen LogP contribution is 2.14. The van der Waals surface area contributed by atoms with Crippen molar-refractivity contribution in [3.63, 3.8) is 0 Å². The molecule has 0 aliphatic rings. The first-order valence-corrected chi connectivity index (χ1v) is 4.13. The zero-order valence-corrected chi connectivity index (χ0v) is 8.03. The van der Waals surface area contributed by atoms with Crippen LogP contribution in [0.15, 0.2) is 24.3 Å². The van der Waals surface area contributed by atoms with Crippen molar-refractivity contribution in [1.82, 2.24) is 0 Å². The second-order valence-corrected chi connectivity index (χ2v) is 2.69. The number of hydrogen-bond donors (Lipinski definition) is 0. The first kappa shape index (κ1) is 10.9. The minimum absolute atomic E-state index is 0.101. The van der Waals surface area contributed by atoms with Crippen LogP contribution >= 0.6 is 0 Å². The molecule has 1 aromatic rings. The quantitative estimate of drug-likeness (QED) is 0.549. The maximum absolute atomic E-state index is 12.9. The molecule has 0 aliphatic heterocycles. The molecule has 3 nitrogen and oxygen atoms in total. The van der Waals surface area contributed by atoms with Crippen LogP contribution in [-0.4, -0.2) is 13.1 Å². The average molecular weight is 205 g/mol. The Morgan fingerprint density at radius 1 is 1.60 bits per heavy atom. The van der Waals surface area contributed by atoms with E-state index < -0.39 is 11.8 Å².